The molecule has 0 radical (unpaired) electrons. The molecule has 0 rings (SSSR count). The van der Waals surface area contributed by atoms with Crippen LogP contribution in [0.15, 0.2) is 0 Å². The van der Waals surface area contributed by atoms with Crippen LogP contribution in [0, 0.1) is 5.92 Å². The van der Waals surface area contributed by atoms with Crippen molar-refractivity contribution in [2.75, 3.05) is 12.3 Å². The molecule has 6 nitrogen and oxygen atoms in total. The first-order chi connectivity index (χ1) is 7.73. The van der Waals surface area contributed by atoms with Gasteiger partial charge >= 0.3 is 5.97 Å². The monoisotopic (exact) mass is 266 g/mol. The van der Waals surface area contributed by atoms with Gasteiger partial charge < -0.3 is 10.8 Å². The second-order valence-corrected chi connectivity index (χ2v) is 6.48. The molecule has 0 aromatic rings. The highest BCUT2D eigenvalue weighted by atomic mass is 32.2. The molecule has 1 atom stereocenters. The lowest BCUT2D eigenvalue weighted by molar-refractivity contribution is -0.137. The van der Waals surface area contributed by atoms with Crippen molar-refractivity contribution in [2.24, 2.45) is 11.7 Å². The molecule has 0 aliphatic rings. The highest BCUT2D eigenvalue weighted by Crippen LogP contribution is 2.02. The Labute approximate surface area is 103 Å². The second kappa shape index (κ2) is 7.62. The van der Waals surface area contributed by atoms with Crippen LogP contribution in [0.2, 0.25) is 0 Å². The Morgan fingerprint density at radius 2 is 2.00 bits per heavy atom. The van der Waals surface area contributed by atoms with Crippen LogP contribution in [-0.2, 0) is 14.8 Å². The van der Waals surface area contributed by atoms with E-state index in [4.69, 9.17) is 10.8 Å². The van der Waals surface area contributed by atoms with Crippen LogP contribution in [-0.4, -0.2) is 37.8 Å². The van der Waals surface area contributed by atoms with Gasteiger partial charge in [0, 0.05) is 19.0 Å². The molecule has 0 bridgehead atoms. The van der Waals surface area contributed by atoms with E-state index in [1.807, 2.05) is 13.8 Å². The van der Waals surface area contributed by atoms with Gasteiger partial charge in [-0.25, -0.2) is 13.1 Å². The lowest BCUT2D eigenvalue weighted by Gasteiger charge is -2.14. The Balaban J connectivity index is 3.89. The van der Waals surface area contributed by atoms with Crippen molar-refractivity contribution < 1.29 is 18.3 Å². The number of sulfonamides is 1. The van der Waals surface area contributed by atoms with E-state index >= 15 is 0 Å². The number of nitrogens with two attached hydrogens (primary N) is 1. The molecule has 17 heavy (non-hydrogen) atoms. The van der Waals surface area contributed by atoms with Crippen LogP contribution in [0.4, 0.5) is 0 Å². The van der Waals surface area contributed by atoms with Gasteiger partial charge in [0.2, 0.25) is 10.0 Å². The van der Waals surface area contributed by atoms with Crippen molar-refractivity contribution in [1.29, 1.82) is 0 Å². The third-order valence-corrected chi connectivity index (χ3v) is 3.58. The molecule has 0 saturated heterocycles. The molecule has 102 valence electrons. The maximum Gasteiger partial charge on any atom is 0.303 e. The predicted octanol–water partition coefficient (Wildman–Crippen LogP) is 0.144. The van der Waals surface area contributed by atoms with Crippen LogP contribution in [0.1, 0.15) is 33.1 Å². The quantitative estimate of drug-likeness (QED) is 0.550. The first-order valence-corrected chi connectivity index (χ1v) is 7.33. The van der Waals surface area contributed by atoms with E-state index in [1.54, 1.807) is 0 Å². The number of rotatable bonds is 9. The fraction of sp³-hybridized carbons (Fsp3) is 0.900. The Hall–Kier alpha value is -0.660. The molecule has 0 spiro atoms. The number of aliphatic carboxylic acids is 1. The van der Waals surface area contributed by atoms with E-state index in [-0.39, 0.29) is 31.2 Å². The Kier molecular flexibility index (Phi) is 7.33. The Morgan fingerprint density at radius 1 is 1.41 bits per heavy atom. The van der Waals surface area contributed by atoms with Crippen molar-refractivity contribution in [3.05, 3.63) is 0 Å². The topological polar surface area (TPSA) is 109 Å². The van der Waals surface area contributed by atoms with E-state index in [0.29, 0.717) is 5.92 Å². The minimum absolute atomic E-state index is 0.115. The summed E-state index contributed by atoms with van der Waals surface area (Å²) in [5, 5.41) is 8.39. The van der Waals surface area contributed by atoms with Crippen LogP contribution >= 0.6 is 0 Å². The van der Waals surface area contributed by atoms with E-state index in [0.717, 1.165) is 6.42 Å². The third kappa shape index (κ3) is 10.2. The third-order valence-electron chi connectivity index (χ3n) is 2.14. The number of hydrogen-bond acceptors (Lipinski definition) is 4. The molecule has 4 N–H and O–H groups in total. The molecule has 0 amide bonds. The molecule has 7 heteroatoms. The molecule has 0 aromatic heterocycles. The summed E-state index contributed by atoms with van der Waals surface area (Å²) in [4.78, 5) is 10.2. The summed E-state index contributed by atoms with van der Waals surface area (Å²) in [6, 6.07) is -0.204. The SMILES string of the molecule is CC(C)CC(N)CNS(=O)(=O)CCCC(=O)O. The van der Waals surface area contributed by atoms with E-state index < -0.39 is 16.0 Å². The first-order valence-electron chi connectivity index (χ1n) is 5.67. The number of carboxylic acid groups (broad SMARTS) is 1. The molecular weight excluding hydrogens is 244 g/mol. The molecular formula is C10H22N2O4S. The minimum atomic E-state index is -3.40. The van der Waals surface area contributed by atoms with Gasteiger partial charge in [0.1, 0.15) is 0 Å². The first kappa shape index (κ1) is 16.3. The van der Waals surface area contributed by atoms with Gasteiger partial charge in [-0.3, -0.25) is 4.79 Å². The van der Waals surface area contributed by atoms with Crippen molar-refractivity contribution in [3.8, 4) is 0 Å². The van der Waals surface area contributed by atoms with Crippen molar-refractivity contribution in [2.45, 2.75) is 39.2 Å². The van der Waals surface area contributed by atoms with Crippen LogP contribution in [0.3, 0.4) is 0 Å². The second-order valence-electron chi connectivity index (χ2n) is 4.55. The number of nitrogens with one attached hydrogen (secondary N) is 1. The van der Waals surface area contributed by atoms with Crippen molar-refractivity contribution >= 4 is 16.0 Å². The summed E-state index contributed by atoms with van der Waals surface area (Å²) in [6.45, 7) is 4.23. The average molecular weight is 266 g/mol. The molecule has 0 fully saturated rings. The van der Waals surface area contributed by atoms with Gasteiger partial charge in [0.15, 0.2) is 0 Å². The zero-order valence-electron chi connectivity index (χ0n) is 10.3. The maximum absolute atomic E-state index is 11.4. The molecule has 0 aliphatic heterocycles. The zero-order valence-corrected chi connectivity index (χ0v) is 11.2. The van der Waals surface area contributed by atoms with Gasteiger partial charge in [-0.05, 0) is 18.8 Å². The summed E-state index contributed by atoms with van der Waals surface area (Å²) >= 11 is 0. The fourth-order valence-corrected chi connectivity index (χ4v) is 2.55. The highest BCUT2D eigenvalue weighted by Gasteiger charge is 2.13. The van der Waals surface area contributed by atoms with Crippen LogP contribution < -0.4 is 10.5 Å². The predicted molar refractivity (Wildman–Crippen MR) is 66.1 cm³/mol. The zero-order chi connectivity index (χ0) is 13.5. The maximum atomic E-state index is 11.4. The normalized spacial score (nSPS) is 13.9. The molecule has 0 saturated carbocycles. The van der Waals surface area contributed by atoms with Crippen LogP contribution in [0.5, 0.6) is 0 Å². The van der Waals surface area contributed by atoms with Crippen LogP contribution in [0.25, 0.3) is 0 Å². The summed E-state index contributed by atoms with van der Waals surface area (Å²) in [5.74, 6) is -0.744. The van der Waals surface area contributed by atoms with Gasteiger partial charge in [0.05, 0.1) is 5.75 Å². The number of carboxylic acids is 1. The Morgan fingerprint density at radius 3 is 2.47 bits per heavy atom. The van der Waals surface area contributed by atoms with Crippen molar-refractivity contribution in [3.63, 3.8) is 0 Å². The van der Waals surface area contributed by atoms with E-state index in [9.17, 15) is 13.2 Å². The fourth-order valence-electron chi connectivity index (χ4n) is 1.41. The summed E-state index contributed by atoms with van der Waals surface area (Å²) in [7, 11) is -3.40. The summed E-state index contributed by atoms with van der Waals surface area (Å²) < 4.78 is 25.3. The number of hydrogen-bond donors (Lipinski definition) is 3. The van der Waals surface area contributed by atoms with Crippen molar-refractivity contribution in [1.82, 2.24) is 4.72 Å². The lowest BCUT2D eigenvalue weighted by atomic mass is 10.1. The number of carbonyl (C=O) groups is 1. The molecule has 0 aliphatic carbocycles. The van der Waals surface area contributed by atoms with Gasteiger partial charge in [0.25, 0.3) is 0 Å². The van der Waals surface area contributed by atoms with Gasteiger partial charge in [-0.15, -0.1) is 0 Å². The van der Waals surface area contributed by atoms with E-state index in [2.05, 4.69) is 4.72 Å². The average Bonchev–Trinajstić information content (AvgIpc) is 2.13. The summed E-state index contributed by atoms with van der Waals surface area (Å²) in [5.41, 5.74) is 5.74. The van der Waals surface area contributed by atoms with E-state index in [1.165, 1.54) is 0 Å². The summed E-state index contributed by atoms with van der Waals surface area (Å²) in [6.07, 6.45) is 0.723. The molecule has 0 heterocycles. The molecule has 0 aromatic carbocycles. The standard InChI is InChI=1S/C10H22N2O4S/c1-8(2)6-9(11)7-12-17(15,16)5-3-4-10(13)14/h8-9,12H,3-7,11H2,1-2H3,(H,13,14). The molecule has 1 unspecified atom stereocenters. The highest BCUT2D eigenvalue weighted by molar-refractivity contribution is 7.89. The smallest absolute Gasteiger partial charge is 0.303 e. The van der Waals surface area contributed by atoms with Gasteiger partial charge in [-0.2, -0.15) is 0 Å². The Bertz CT molecular complexity index is 327. The minimum Gasteiger partial charge on any atom is -0.481 e. The lowest BCUT2D eigenvalue weighted by Crippen LogP contribution is -2.39. The van der Waals surface area contributed by atoms with Gasteiger partial charge in [-0.1, -0.05) is 13.8 Å². The largest absolute Gasteiger partial charge is 0.481 e.